The van der Waals surface area contributed by atoms with Gasteiger partial charge in [0.2, 0.25) is 0 Å². The molecule has 7 heteroatoms. The lowest BCUT2D eigenvalue weighted by molar-refractivity contribution is -0.124. The van der Waals surface area contributed by atoms with Crippen LogP contribution in [0, 0.1) is 0 Å². The van der Waals surface area contributed by atoms with Gasteiger partial charge < -0.3 is 15.0 Å². The van der Waals surface area contributed by atoms with E-state index in [0.717, 1.165) is 22.0 Å². The number of hydrogen-bond donors (Lipinski definition) is 1. The molecule has 2 aromatic rings. The summed E-state index contributed by atoms with van der Waals surface area (Å²) in [4.78, 5) is 31.3. The fourth-order valence-electron chi connectivity index (χ4n) is 3.41. The smallest absolute Gasteiger partial charge is 0.270 e. The van der Waals surface area contributed by atoms with E-state index in [2.05, 4.69) is 26.2 Å². The van der Waals surface area contributed by atoms with Gasteiger partial charge >= 0.3 is 0 Å². The Morgan fingerprint density at radius 1 is 1.28 bits per heavy atom. The van der Waals surface area contributed by atoms with E-state index in [1.54, 1.807) is 19.2 Å². The number of carbonyl (C=O) groups excluding carboxylic acids is 2. The molecule has 0 fully saturated rings. The van der Waals surface area contributed by atoms with Gasteiger partial charge in [-0.1, -0.05) is 40.2 Å². The molecular weight excluding hydrogens is 434 g/mol. The van der Waals surface area contributed by atoms with Crippen molar-refractivity contribution in [2.24, 2.45) is 4.99 Å². The van der Waals surface area contributed by atoms with Crippen molar-refractivity contribution in [1.29, 1.82) is 0 Å². The summed E-state index contributed by atoms with van der Waals surface area (Å²) in [6, 6.07) is 14.6. The molecule has 1 atom stereocenters. The average Bonchev–Trinajstić information content (AvgIpc) is 3.14. The third kappa shape index (κ3) is 4.24. The summed E-state index contributed by atoms with van der Waals surface area (Å²) in [6.45, 7) is 0.559. The number of nitrogens with one attached hydrogen (secondary N) is 1. The van der Waals surface area contributed by atoms with Gasteiger partial charge in [0, 0.05) is 11.5 Å². The van der Waals surface area contributed by atoms with Crippen LogP contribution in [0.15, 0.2) is 69.6 Å². The average molecular weight is 454 g/mol. The van der Waals surface area contributed by atoms with Crippen molar-refractivity contribution in [3.8, 4) is 5.75 Å². The SMILES string of the molecule is CN1C(=O)[C@@H](NC(=O)C2=NCC(Cc3cccc(Br)c3)=C2)COc2ccccc21. The van der Waals surface area contributed by atoms with E-state index in [1.165, 1.54) is 4.90 Å². The lowest BCUT2D eigenvalue weighted by Gasteiger charge is -2.20. The molecule has 148 valence electrons. The van der Waals surface area contributed by atoms with Crippen molar-refractivity contribution in [1.82, 2.24) is 5.32 Å². The van der Waals surface area contributed by atoms with E-state index < -0.39 is 6.04 Å². The van der Waals surface area contributed by atoms with Crippen LogP contribution < -0.4 is 15.0 Å². The molecule has 0 unspecified atom stereocenters. The van der Waals surface area contributed by atoms with Crippen LogP contribution >= 0.6 is 15.9 Å². The minimum atomic E-state index is -0.773. The number of amides is 2. The fraction of sp³-hybridized carbons (Fsp3) is 0.227. The number of hydrogen-bond acceptors (Lipinski definition) is 4. The molecule has 2 aromatic carbocycles. The van der Waals surface area contributed by atoms with Crippen LogP contribution in [-0.4, -0.2) is 43.8 Å². The highest BCUT2D eigenvalue weighted by molar-refractivity contribution is 9.10. The van der Waals surface area contributed by atoms with Crippen LogP contribution in [0.25, 0.3) is 0 Å². The Balaban J connectivity index is 1.42. The molecule has 0 aliphatic carbocycles. The Kier molecular flexibility index (Phi) is 5.49. The second kappa shape index (κ2) is 8.21. The molecule has 4 rings (SSSR count). The van der Waals surface area contributed by atoms with E-state index in [0.29, 0.717) is 23.7 Å². The van der Waals surface area contributed by atoms with Crippen LogP contribution in [0.2, 0.25) is 0 Å². The molecule has 0 saturated carbocycles. The second-order valence-electron chi connectivity index (χ2n) is 7.01. The van der Waals surface area contributed by atoms with Gasteiger partial charge in [-0.3, -0.25) is 14.6 Å². The number of likely N-dealkylation sites (N-methyl/N-ethyl adjacent to an activating group) is 1. The Morgan fingerprint density at radius 2 is 2.10 bits per heavy atom. The second-order valence-corrected chi connectivity index (χ2v) is 7.93. The molecular formula is C22H20BrN3O3. The van der Waals surface area contributed by atoms with Gasteiger partial charge in [0.05, 0.1) is 12.2 Å². The summed E-state index contributed by atoms with van der Waals surface area (Å²) in [7, 11) is 1.68. The van der Waals surface area contributed by atoms with Gasteiger partial charge in [-0.2, -0.15) is 0 Å². The number of halogens is 1. The first-order valence-electron chi connectivity index (χ1n) is 9.30. The van der Waals surface area contributed by atoms with E-state index in [9.17, 15) is 9.59 Å². The Bertz CT molecular complexity index is 1030. The maximum absolute atomic E-state index is 12.8. The molecule has 6 nitrogen and oxygen atoms in total. The van der Waals surface area contributed by atoms with Gasteiger partial charge in [-0.05, 0) is 47.9 Å². The zero-order chi connectivity index (χ0) is 20.4. The normalized spacial score (nSPS) is 18.3. The first-order valence-corrected chi connectivity index (χ1v) is 10.1. The summed E-state index contributed by atoms with van der Waals surface area (Å²) < 4.78 is 6.76. The largest absolute Gasteiger partial charge is 0.489 e. The van der Waals surface area contributed by atoms with Crippen LogP contribution in [0.3, 0.4) is 0 Å². The minimum absolute atomic E-state index is 0.0772. The molecule has 2 amide bonds. The molecule has 0 radical (unpaired) electrons. The third-order valence-corrected chi connectivity index (χ3v) is 5.41. The minimum Gasteiger partial charge on any atom is -0.489 e. The summed E-state index contributed by atoms with van der Waals surface area (Å²) in [5.74, 6) is 0.0327. The first-order chi connectivity index (χ1) is 14.0. The van der Waals surface area contributed by atoms with Gasteiger partial charge in [0.15, 0.2) is 0 Å². The summed E-state index contributed by atoms with van der Waals surface area (Å²) in [5.41, 5.74) is 3.23. The molecule has 2 aliphatic rings. The van der Waals surface area contributed by atoms with E-state index in [1.807, 2.05) is 42.5 Å². The van der Waals surface area contributed by atoms with Gasteiger partial charge in [0.25, 0.3) is 11.8 Å². The molecule has 0 spiro atoms. The highest BCUT2D eigenvalue weighted by Crippen LogP contribution is 2.29. The van der Waals surface area contributed by atoms with Gasteiger partial charge in [-0.25, -0.2) is 0 Å². The number of nitrogens with zero attached hydrogens (tertiary/aromatic N) is 2. The van der Waals surface area contributed by atoms with Gasteiger partial charge in [-0.15, -0.1) is 0 Å². The van der Waals surface area contributed by atoms with Crippen molar-refractivity contribution in [2.75, 3.05) is 25.1 Å². The predicted octanol–water partition coefficient (Wildman–Crippen LogP) is 2.91. The number of fused-ring (bicyclic) bond motifs is 1. The van der Waals surface area contributed by atoms with Crippen molar-refractivity contribution in [2.45, 2.75) is 12.5 Å². The van der Waals surface area contributed by atoms with E-state index in [4.69, 9.17) is 4.74 Å². The van der Waals surface area contributed by atoms with Crippen molar-refractivity contribution in [3.05, 3.63) is 70.2 Å². The number of anilines is 1. The number of rotatable bonds is 4. The highest BCUT2D eigenvalue weighted by Gasteiger charge is 2.31. The number of para-hydroxylation sites is 2. The van der Waals surface area contributed by atoms with E-state index in [-0.39, 0.29) is 18.4 Å². The zero-order valence-electron chi connectivity index (χ0n) is 15.9. The third-order valence-electron chi connectivity index (χ3n) is 4.91. The molecule has 1 N–H and O–H groups in total. The maximum atomic E-state index is 12.8. The van der Waals surface area contributed by atoms with Crippen LogP contribution in [0.5, 0.6) is 5.75 Å². The Labute approximate surface area is 177 Å². The lowest BCUT2D eigenvalue weighted by Crippen LogP contribution is -2.50. The summed E-state index contributed by atoms with van der Waals surface area (Å²) in [6.07, 6.45) is 2.53. The number of benzene rings is 2. The number of aliphatic imine (C=N–C) groups is 1. The highest BCUT2D eigenvalue weighted by atomic mass is 79.9. The number of carbonyl (C=O) groups is 2. The topological polar surface area (TPSA) is 71.0 Å². The molecule has 0 saturated heterocycles. The standard InChI is InChI=1S/C22H20BrN3O3/c1-26-19-7-2-3-8-20(19)29-13-18(22(26)28)25-21(27)17-11-15(12-24-17)9-14-5-4-6-16(23)10-14/h2-8,10-11,18H,9,12-13H2,1H3,(H,25,27)/t18-/m0/s1. The first kappa shape index (κ1) is 19.4. The maximum Gasteiger partial charge on any atom is 0.270 e. The lowest BCUT2D eigenvalue weighted by atomic mass is 10.1. The molecule has 2 heterocycles. The van der Waals surface area contributed by atoms with Gasteiger partial charge in [0.1, 0.15) is 24.1 Å². The number of ether oxygens (including phenoxy) is 1. The van der Waals surface area contributed by atoms with Crippen molar-refractivity contribution in [3.63, 3.8) is 0 Å². The molecule has 29 heavy (non-hydrogen) atoms. The zero-order valence-corrected chi connectivity index (χ0v) is 17.5. The predicted molar refractivity (Wildman–Crippen MR) is 116 cm³/mol. The van der Waals surface area contributed by atoms with Crippen LogP contribution in [-0.2, 0) is 16.0 Å². The fourth-order valence-corrected chi connectivity index (χ4v) is 3.86. The Morgan fingerprint density at radius 3 is 2.93 bits per heavy atom. The summed E-state index contributed by atoms with van der Waals surface area (Å²) in [5, 5.41) is 2.77. The molecule has 0 bridgehead atoms. The monoisotopic (exact) mass is 453 g/mol. The Hall–Kier alpha value is -2.93. The van der Waals surface area contributed by atoms with Crippen LogP contribution in [0.1, 0.15) is 5.56 Å². The molecule has 0 aromatic heterocycles. The molecule has 2 aliphatic heterocycles. The van der Waals surface area contributed by atoms with Crippen LogP contribution in [0.4, 0.5) is 5.69 Å². The summed E-state index contributed by atoms with van der Waals surface area (Å²) >= 11 is 3.47. The quantitative estimate of drug-likeness (QED) is 0.773. The van der Waals surface area contributed by atoms with E-state index >= 15 is 0 Å². The van der Waals surface area contributed by atoms with Crippen molar-refractivity contribution < 1.29 is 14.3 Å². The van der Waals surface area contributed by atoms with Crippen molar-refractivity contribution >= 4 is 39.1 Å².